The third-order valence-corrected chi connectivity index (χ3v) is 4.35. The summed E-state index contributed by atoms with van der Waals surface area (Å²) in [6, 6.07) is 11.6. The summed E-state index contributed by atoms with van der Waals surface area (Å²) in [5.41, 5.74) is 1.73. The Labute approximate surface area is 149 Å². The van der Waals surface area contributed by atoms with Gasteiger partial charge < -0.3 is 15.0 Å². The van der Waals surface area contributed by atoms with Crippen molar-refractivity contribution in [2.24, 2.45) is 0 Å². The third-order valence-electron chi connectivity index (χ3n) is 4.35. The summed E-state index contributed by atoms with van der Waals surface area (Å²) in [5.74, 6) is 1.56. The molecule has 1 aromatic carbocycles. The topological polar surface area (TPSA) is 54.5 Å². The molecule has 0 saturated carbocycles. The summed E-state index contributed by atoms with van der Waals surface area (Å²) in [4.78, 5) is 19.1. The molecule has 1 aliphatic heterocycles. The number of nitrogens with zero attached hydrogens (tertiary/aromatic N) is 2. The minimum Gasteiger partial charge on any atom is -0.494 e. The summed E-state index contributed by atoms with van der Waals surface area (Å²) in [6.07, 6.45) is 5.09. The highest BCUT2D eigenvalue weighted by Gasteiger charge is 2.21. The van der Waals surface area contributed by atoms with Gasteiger partial charge in [0.2, 0.25) is 0 Å². The van der Waals surface area contributed by atoms with Crippen molar-refractivity contribution in [3.63, 3.8) is 0 Å². The van der Waals surface area contributed by atoms with Crippen LogP contribution in [0.15, 0.2) is 42.6 Å². The zero-order valence-corrected chi connectivity index (χ0v) is 14.7. The number of ether oxygens (including phenoxy) is 1. The summed E-state index contributed by atoms with van der Waals surface area (Å²) >= 11 is 0. The average molecular weight is 339 g/mol. The Morgan fingerprint density at radius 3 is 2.84 bits per heavy atom. The third kappa shape index (κ3) is 4.50. The number of hydrogen-bond acceptors (Lipinski definition) is 4. The second kappa shape index (κ2) is 8.51. The lowest BCUT2D eigenvalue weighted by atomic mass is 10.1. The fourth-order valence-corrected chi connectivity index (χ4v) is 3.08. The molecule has 1 aromatic heterocycles. The van der Waals surface area contributed by atoms with Gasteiger partial charge in [-0.3, -0.25) is 4.79 Å². The van der Waals surface area contributed by atoms with Gasteiger partial charge >= 0.3 is 0 Å². The summed E-state index contributed by atoms with van der Waals surface area (Å²) in [7, 11) is 0. The van der Waals surface area contributed by atoms with Crippen LogP contribution in [0, 0.1) is 0 Å². The molecular formula is C20H25N3O2. The van der Waals surface area contributed by atoms with Crippen molar-refractivity contribution >= 4 is 11.7 Å². The molecule has 0 spiro atoms. The van der Waals surface area contributed by atoms with E-state index in [0.717, 1.165) is 37.2 Å². The molecule has 132 valence electrons. The highest BCUT2D eigenvalue weighted by Crippen LogP contribution is 2.19. The van der Waals surface area contributed by atoms with Crippen molar-refractivity contribution in [1.82, 2.24) is 9.88 Å². The molecule has 0 radical (unpaired) electrons. The monoisotopic (exact) mass is 339 g/mol. The number of piperidine rings is 1. The van der Waals surface area contributed by atoms with Gasteiger partial charge in [-0.05, 0) is 56.0 Å². The van der Waals surface area contributed by atoms with E-state index in [0.29, 0.717) is 24.5 Å². The number of carbonyl (C=O) groups excluding carboxylic acids is 1. The van der Waals surface area contributed by atoms with Crippen LogP contribution in [0.5, 0.6) is 5.75 Å². The number of nitrogens with one attached hydrogen (secondary N) is 1. The molecule has 2 heterocycles. The Bertz CT molecular complexity index is 712. The van der Waals surface area contributed by atoms with Crippen LogP contribution < -0.4 is 10.1 Å². The minimum atomic E-state index is 0.0679. The average Bonchev–Trinajstić information content (AvgIpc) is 2.67. The van der Waals surface area contributed by atoms with Gasteiger partial charge in [0.25, 0.3) is 5.91 Å². The predicted molar refractivity (Wildman–Crippen MR) is 98.9 cm³/mol. The van der Waals surface area contributed by atoms with Crippen molar-refractivity contribution in [1.29, 1.82) is 0 Å². The largest absolute Gasteiger partial charge is 0.494 e. The van der Waals surface area contributed by atoms with Crippen LogP contribution in [0.3, 0.4) is 0 Å². The molecule has 0 aliphatic carbocycles. The van der Waals surface area contributed by atoms with Gasteiger partial charge in [0, 0.05) is 25.8 Å². The van der Waals surface area contributed by atoms with Gasteiger partial charge in [-0.25, -0.2) is 4.98 Å². The second-order valence-electron chi connectivity index (χ2n) is 6.19. The highest BCUT2D eigenvalue weighted by molar-refractivity contribution is 5.98. The zero-order chi connectivity index (χ0) is 17.5. The molecule has 1 N–H and O–H groups in total. The molecular weight excluding hydrogens is 314 g/mol. The van der Waals surface area contributed by atoms with Crippen LogP contribution in [-0.4, -0.2) is 35.5 Å². The lowest BCUT2D eigenvalue weighted by Crippen LogP contribution is -2.36. The number of amides is 1. The number of anilines is 1. The number of benzene rings is 1. The maximum absolute atomic E-state index is 12.8. The first kappa shape index (κ1) is 17.3. The molecule has 0 bridgehead atoms. The lowest BCUT2D eigenvalue weighted by Gasteiger charge is -2.27. The van der Waals surface area contributed by atoms with Gasteiger partial charge in [0.05, 0.1) is 12.2 Å². The molecule has 1 amide bonds. The van der Waals surface area contributed by atoms with Crippen LogP contribution in [0.4, 0.5) is 5.82 Å². The van der Waals surface area contributed by atoms with Gasteiger partial charge in [-0.15, -0.1) is 0 Å². The van der Waals surface area contributed by atoms with Crippen molar-refractivity contribution < 1.29 is 9.53 Å². The second-order valence-corrected chi connectivity index (χ2v) is 6.19. The quantitative estimate of drug-likeness (QED) is 0.871. The number of likely N-dealkylation sites (tertiary alicyclic amines) is 1. The van der Waals surface area contributed by atoms with Crippen molar-refractivity contribution in [2.75, 3.05) is 25.0 Å². The Balaban J connectivity index is 1.70. The van der Waals surface area contributed by atoms with E-state index in [-0.39, 0.29) is 5.91 Å². The summed E-state index contributed by atoms with van der Waals surface area (Å²) in [5, 5.41) is 3.30. The Morgan fingerprint density at radius 1 is 1.20 bits per heavy atom. The van der Waals surface area contributed by atoms with Crippen LogP contribution in [0.1, 0.15) is 42.1 Å². The smallest absolute Gasteiger partial charge is 0.257 e. The highest BCUT2D eigenvalue weighted by atomic mass is 16.5. The van der Waals surface area contributed by atoms with E-state index in [2.05, 4.69) is 10.3 Å². The van der Waals surface area contributed by atoms with Crippen LogP contribution in [0.25, 0.3) is 0 Å². The van der Waals surface area contributed by atoms with E-state index >= 15 is 0 Å². The Kier molecular flexibility index (Phi) is 5.88. The van der Waals surface area contributed by atoms with E-state index in [1.807, 2.05) is 48.2 Å². The maximum atomic E-state index is 12.8. The number of aromatic nitrogens is 1. The van der Waals surface area contributed by atoms with Gasteiger partial charge in [-0.2, -0.15) is 0 Å². The van der Waals surface area contributed by atoms with E-state index in [4.69, 9.17) is 4.74 Å². The Morgan fingerprint density at radius 2 is 2.04 bits per heavy atom. The van der Waals surface area contributed by atoms with Crippen LogP contribution >= 0.6 is 0 Å². The van der Waals surface area contributed by atoms with Crippen molar-refractivity contribution in [3.8, 4) is 5.75 Å². The minimum absolute atomic E-state index is 0.0679. The molecule has 1 aliphatic rings. The molecule has 25 heavy (non-hydrogen) atoms. The fraction of sp³-hybridized carbons (Fsp3) is 0.400. The Hall–Kier alpha value is -2.56. The number of hydrogen-bond donors (Lipinski definition) is 1. The molecule has 5 heteroatoms. The number of pyridine rings is 1. The molecule has 3 rings (SSSR count). The van der Waals surface area contributed by atoms with Crippen LogP contribution in [0.2, 0.25) is 0 Å². The maximum Gasteiger partial charge on any atom is 0.257 e. The first-order valence-corrected chi connectivity index (χ1v) is 8.98. The molecule has 0 atom stereocenters. The zero-order valence-electron chi connectivity index (χ0n) is 14.7. The molecule has 0 unspecified atom stereocenters. The number of carbonyl (C=O) groups is 1. The van der Waals surface area contributed by atoms with Gasteiger partial charge in [0.1, 0.15) is 11.6 Å². The van der Waals surface area contributed by atoms with Crippen LogP contribution in [-0.2, 0) is 6.54 Å². The molecule has 2 aromatic rings. The van der Waals surface area contributed by atoms with E-state index in [9.17, 15) is 4.79 Å². The lowest BCUT2D eigenvalue weighted by molar-refractivity contribution is 0.0725. The summed E-state index contributed by atoms with van der Waals surface area (Å²) in [6.45, 7) is 4.88. The van der Waals surface area contributed by atoms with Gasteiger partial charge in [-0.1, -0.05) is 12.1 Å². The first-order chi connectivity index (χ1) is 12.3. The standard InChI is InChI=1S/C20H25N3O2/c1-2-25-17-9-6-8-16(14-17)15-22-19-18(10-7-11-21-19)20(24)23-12-4-3-5-13-23/h6-11,14H,2-5,12-13,15H2,1H3,(H,21,22). The fourth-order valence-electron chi connectivity index (χ4n) is 3.08. The van der Waals surface area contributed by atoms with E-state index in [1.54, 1.807) is 6.20 Å². The van der Waals surface area contributed by atoms with E-state index in [1.165, 1.54) is 6.42 Å². The first-order valence-electron chi connectivity index (χ1n) is 8.98. The molecule has 1 saturated heterocycles. The molecule has 1 fully saturated rings. The van der Waals surface area contributed by atoms with Crippen molar-refractivity contribution in [3.05, 3.63) is 53.7 Å². The SMILES string of the molecule is CCOc1cccc(CNc2ncccc2C(=O)N2CCCCC2)c1. The van der Waals surface area contributed by atoms with E-state index < -0.39 is 0 Å². The van der Waals surface area contributed by atoms with Gasteiger partial charge in [0.15, 0.2) is 0 Å². The predicted octanol–water partition coefficient (Wildman–Crippen LogP) is 3.72. The normalized spacial score (nSPS) is 14.2. The van der Waals surface area contributed by atoms with Crippen molar-refractivity contribution in [2.45, 2.75) is 32.7 Å². The number of rotatable bonds is 6. The summed E-state index contributed by atoms with van der Waals surface area (Å²) < 4.78 is 5.54. The molecule has 5 nitrogen and oxygen atoms in total.